The van der Waals surface area contributed by atoms with Crippen molar-refractivity contribution in [2.45, 2.75) is 42.4 Å². The van der Waals surface area contributed by atoms with Crippen LogP contribution in [0.5, 0.6) is 0 Å². The first-order valence-electron chi connectivity index (χ1n) is 9.64. The normalized spacial score (nSPS) is 11.8. The second-order valence-electron chi connectivity index (χ2n) is 6.48. The molecule has 1 N–H and O–H groups in total. The number of nitrogens with one attached hydrogen (secondary N) is 1. The fraction of sp³-hybridized carbons (Fsp3) is 0.286. The third-order valence-electron chi connectivity index (χ3n) is 4.31. The fourth-order valence-electron chi connectivity index (χ4n) is 2.72. The van der Waals surface area contributed by atoms with E-state index in [0.717, 1.165) is 11.3 Å². The second-order valence-corrected chi connectivity index (χ2v) is 8.59. The molecule has 3 rings (SSSR count). The van der Waals surface area contributed by atoms with Gasteiger partial charge < -0.3 is 5.32 Å². The topological polar surface area (TPSA) is 89.8 Å². The molecule has 0 aliphatic rings. The highest BCUT2D eigenvalue weighted by Crippen LogP contribution is 2.24. The summed E-state index contributed by atoms with van der Waals surface area (Å²) in [6.45, 7) is 1.88. The van der Waals surface area contributed by atoms with E-state index in [1.807, 2.05) is 67.6 Å². The standard InChI is InChI=1S/C21H23N5O2S2/c1-2-18(22-21(28)29-14-13-16-9-5-3-6-10-16)19(27)15-26-20(23-24-25-26)30-17-11-7-4-8-12-17/h3-12,18H,2,13-15H2,1H3,(H,22,28). The molecule has 0 radical (unpaired) electrons. The van der Waals surface area contributed by atoms with E-state index in [4.69, 9.17) is 0 Å². The number of hydrogen-bond acceptors (Lipinski definition) is 7. The summed E-state index contributed by atoms with van der Waals surface area (Å²) < 4.78 is 1.47. The Morgan fingerprint density at radius 2 is 1.77 bits per heavy atom. The van der Waals surface area contributed by atoms with Crippen LogP contribution >= 0.6 is 23.5 Å². The van der Waals surface area contributed by atoms with E-state index in [0.29, 0.717) is 17.3 Å². The van der Waals surface area contributed by atoms with Gasteiger partial charge >= 0.3 is 0 Å². The van der Waals surface area contributed by atoms with Crippen LogP contribution in [-0.4, -0.2) is 43.0 Å². The number of aromatic nitrogens is 4. The molecule has 0 saturated carbocycles. The van der Waals surface area contributed by atoms with Gasteiger partial charge in [-0.3, -0.25) is 9.59 Å². The Kier molecular flexibility index (Phi) is 8.46. The highest BCUT2D eigenvalue weighted by Gasteiger charge is 2.21. The third kappa shape index (κ3) is 6.70. The fourth-order valence-corrected chi connectivity index (χ4v) is 4.26. The molecule has 1 atom stereocenters. The number of hydrogen-bond donors (Lipinski definition) is 1. The van der Waals surface area contributed by atoms with Gasteiger partial charge in [-0.2, -0.15) is 0 Å². The first-order chi connectivity index (χ1) is 14.7. The Bertz CT molecular complexity index is 950. The zero-order chi connectivity index (χ0) is 21.2. The maximum absolute atomic E-state index is 12.7. The maximum atomic E-state index is 12.7. The van der Waals surface area contributed by atoms with Crippen molar-refractivity contribution in [2.24, 2.45) is 0 Å². The Labute approximate surface area is 184 Å². The minimum Gasteiger partial charge on any atom is -0.337 e. The van der Waals surface area contributed by atoms with Crippen LogP contribution in [0, 0.1) is 0 Å². The van der Waals surface area contributed by atoms with E-state index >= 15 is 0 Å². The van der Waals surface area contributed by atoms with Gasteiger partial charge in [0, 0.05) is 10.6 Å². The number of nitrogens with zero attached hydrogens (tertiary/aromatic N) is 4. The van der Waals surface area contributed by atoms with E-state index in [1.165, 1.54) is 33.8 Å². The number of carbonyl (C=O) groups is 2. The lowest BCUT2D eigenvalue weighted by atomic mass is 10.1. The number of tetrazole rings is 1. The number of rotatable bonds is 10. The minimum atomic E-state index is -0.569. The molecule has 9 heteroatoms. The van der Waals surface area contributed by atoms with Crippen molar-refractivity contribution in [1.82, 2.24) is 25.5 Å². The van der Waals surface area contributed by atoms with Crippen molar-refractivity contribution in [3.8, 4) is 0 Å². The molecular weight excluding hydrogens is 418 g/mol. The van der Waals surface area contributed by atoms with Gasteiger partial charge in [-0.1, -0.05) is 67.2 Å². The number of aryl methyl sites for hydroxylation is 1. The van der Waals surface area contributed by atoms with Gasteiger partial charge in [-0.25, -0.2) is 4.68 Å². The zero-order valence-electron chi connectivity index (χ0n) is 16.6. The predicted molar refractivity (Wildman–Crippen MR) is 119 cm³/mol. The summed E-state index contributed by atoms with van der Waals surface area (Å²) in [7, 11) is 0. The Balaban J connectivity index is 1.50. The van der Waals surface area contributed by atoms with Crippen LogP contribution in [0.1, 0.15) is 18.9 Å². The Morgan fingerprint density at radius 3 is 2.47 bits per heavy atom. The van der Waals surface area contributed by atoms with Crippen LogP contribution in [0.15, 0.2) is 70.7 Å². The number of amides is 1. The molecule has 30 heavy (non-hydrogen) atoms. The SMILES string of the molecule is CCC(NC(=O)SCCc1ccccc1)C(=O)Cn1nnnc1Sc1ccccc1. The van der Waals surface area contributed by atoms with Crippen molar-refractivity contribution in [3.63, 3.8) is 0 Å². The highest BCUT2D eigenvalue weighted by molar-refractivity contribution is 8.13. The van der Waals surface area contributed by atoms with E-state index in [2.05, 4.69) is 20.8 Å². The molecule has 1 heterocycles. The van der Waals surface area contributed by atoms with Crippen LogP contribution < -0.4 is 5.32 Å². The number of carbonyl (C=O) groups excluding carboxylic acids is 2. The zero-order valence-corrected chi connectivity index (χ0v) is 18.2. The molecule has 0 aliphatic carbocycles. The van der Waals surface area contributed by atoms with Crippen LogP contribution in [0.3, 0.4) is 0 Å². The molecule has 0 bridgehead atoms. The van der Waals surface area contributed by atoms with Gasteiger partial charge in [0.25, 0.3) is 5.24 Å². The van der Waals surface area contributed by atoms with Gasteiger partial charge in [-0.05, 0) is 52.7 Å². The summed E-state index contributed by atoms with van der Waals surface area (Å²) in [5.74, 6) is 0.530. The molecule has 3 aromatic rings. The number of benzene rings is 2. The van der Waals surface area contributed by atoms with E-state index < -0.39 is 6.04 Å². The van der Waals surface area contributed by atoms with Crippen molar-refractivity contribution in [1.29, 1.82) is 0 Å². The molecule has 0 spiro atoms. The lowest BCUT2D eigenvalue weighted by Gasteiger charge is -2.15. The number of thioether (sulfide) groups is 1. The first-order valence-corrected chi connectivity index (χ1v) is 11.4. The summed E-state index contributed by atoms with van der Waals surface area (Å²) in [5, 5.41) is 14.8. The van der Waals surface area contributed by atoms with Gasteiger partial charge in [0.15, 0.2) is 5.78 Å². The van der Waals surface area contributed by atoms with Gasteiger partial charge in [-0.15, -0.1) is 5.10 Å². The van der Waals surface area contributed by atoms with Gasteiger partial charge in [0.05, 0.1) is 6.04 Å². The smallest absolute Gasteiger partial charge is 0.279 e. The van der Waals surface area contributed by atoms with Crippen LogP contribution in [0.25, 0.3) is 0 Å². The molecule has 0 saturated heterocycles. The lowest BCUT2D eigenvalue weighted by molar-refractivity contribution is -0.121. The molecule has 1 aromatic heterocycles. The average molecular weight is 442 g/mol. The molecule has 7 nitrogen and oxygen atoms in total. The second kappa shape index (κ2) is 11.5. The molecular formula is C21H23N5O2S2. The number of Topliss-reactive ketones (excluding diaryl/α,β-unsaturated/α-hetero) is 1. The van der Waals surface area contributed by atoms with Crippen molar-refractivity contribution in [3.05, 3.63) is 66.2 Å². The Hall–Kier alpha value is -2.65. The van der Waals surface area contributed by atoms with E-state index in [9.17, 15) is 9.59 Å². The summed E-state index contributed by atoms with van der Waals surface area (Å²) in [5.41, 5.74) is 1.18. The third-order valence-corrected chi connectivity index (χ3v) is 6.08. The molecule has 0 aliphatic heterocycles. The van der Waals surface area contributed by atoms with E-state index in [-0.39, 0.29) is 17.6 Å². The van der Waals surface area contributed by atoms with Gasteiger partial charge in [0.2, 0.25) is 5.16 Å². The van der Waals surface area contributed by atoms with Crippen LogP contribution in [0.2, 0.25) is 0 Å². The summed E-state index contributed by atoms with van der Waals surface area (Å²) in [4.78, 5) is 26.0. The molecule has 156 valence electrons. The van der Waals surface area contributed by atoms with Crippen molar-refractivity contribution >= 4 is 34.5 Å². The maximum Gasteiger partial charge on any atom is 0.279 e. The summed E-state index contributed by atoms with van der Waals surface area (Å²) >= 11 is 2.58. The van der Waals surface area contributed by atoms with Crippen molar-refractivity contribution in [2.75, 3.05) is 5.75 Å². The van der Waals surface area contributed by atoms with Gasteiger partial charge in [0.1, 0.15) is 6.54 Å². The minimum absolute atomic E-state index is 0.00956. The average Bonchev–Trinajstić information content (AvgIpc) is 3.19. The molecule has 1 unspecified atom stereocenters. The largest absolute Gasteiger partial charge is 0.337 e. The van der Waals surface area contributed by atoms with Crippen molar-refractivity contribution < 1.29 is 9.59 Å². The highest BCUT2D eigenvalue weighted by atomic mass is 32.2. The lowest BCUT2D eigenvalue weighted by Crippen LogP contribution is -2.40. The van der Waals surface area contributed by atoms with E-state index in [1.54, 1.807) is 0 Å². The first kappa shape index (κ1) is 22.0. The number of ketones is 1. The summed E-state index contributed by atoms with van der Waals surface area (Å²) in [6, 6.07) is 19.1. The monoisotopic (exact) mass is 441 g/mol. The quantitative estimate of drug-likeness (QED) is 0.511. The molecule has 0 fully saturated rings. The Morgan fingerprint density at radius 1 is 1.07 bits per heavy atom. The summed E-state index contributed by atoms with van der Waals surface area (Å²) in [6.07, 6.45) is 1.31. The molecule has 2 aromatic carbocycles. The van der Waals surface area contributed by atoms with Crippen LogP contribution in [0.4, 0.5) is 4.79 Å². The predicted octanol–water partition coefficient (Wildman–Crippen LogP) is 3.86. The van der Waals surface area contributed by atoms with Crippen LogP contribution in [-0.2, 0) is 17.8 Å². The molecule has 1 amide bonds.